The zero-order chi connectivity index (χ0) is 13.9. The Morgan fingerprint density at radius 1 is 1.05 bits per heavy atom. The quantitative estimate of drug-likeness (QED) is 0.707. The molecule has 0 aliphatic heterocycles. The highest BCUT2D eigenvalue weighted by molar-refractivity contribution is 5.82. The molecule has 2 aromatic carbocycles. The molecular weight excluding hydrogens is 253 g/mol. The third kappa shape index (κ3) is 2.48. The molecule has 0 aliphatic rings. The number of pyridine rings is 1. The molecule has 0 N–H and O–H groups in total. The molecule has 100 valence electrons. The molecule has 0 bridgehead atoms. The maximum Gasteiger partial charge on any atom is 0.165 e. The van der Waals surface area contributed by atoms with Crippen LogP contribution in [-0.2, 0) is 6.61 Å². The van der Waals surface area contributed by atoms with Gasteiger partial charge in [-0.3, -0.25) is 4.98 Å². The molecule has 3 rings (SSSR count). The van der Waals surface area contributed by atoms with E-state index in [0.29, 0.717) is 6.61 Å². The van der Waals surface area contributed by atoms with Gasteiger partial charge in [0.1, 0.15) is 6.61 Å². The number of rotatable bonds is 3. The number of benzene rings is 2. The number of ether oxygens (including phenoxy) is 1. The van der Waals surface area contributed by atoms with Crippen LogP contribution in [0.15, 0.2) is 54.6 Å². The zero-order valence-corrected chi connectivity index (χ0v) is 11.1. The van der Waals surface area contributed by atoms with Crippen LogP contribution in [0, 0.1) is 12.7 Å². The van der Waals surface area contributed by atoms with Crippen LogP contribution in [0.4, 0.5) is 4.39 Å². The van der Waals surface area contributed by atoms with Crippen LogP contribution in [0.5, 0.6) is 5.75 Å². The van der Waals surface area contributed by atoms with E-state index in [1.54, 1.807) is 18.2 Å². The van der Waals surface area contributed by atoms with Gasteiger partial charge in [-0.15, -0.1) is 0 Å². The molecule has 0 saturated carbocycles. The van der Waals surface area contributed by atoms with E-state index in [4.69, 9.17) is 4.74 Å². The van der Waals surface area contributed by atoms with Crippen LogP contribution in [0.2, 0.25) is 0 Å². The van der Waals surface area contributed by atoms with E-state index in [2.05, 4.69) is 4.98 Å². The van der Waals surface area contributed by atoms with Crippen LogP contribution in [0.3, 0.4) is 0 Å². The van der Waals surface area contributed by atoms with Crippen molar-refractivity contribution in [3.8, 4) is 5.75 Å². The molecule has 0 fully saturated rings. The molecule has 3 heteroatoms. The topological polar surface area (TPSA) is 22.1 Å². The van der Waals surface area contributed by atoms with E-state index < -0.39 is 0 Å². The fraction of sp³-hybridized carbons (Fsp3) is 0.118. The Hall–Kier alpha value is -2.42. The third-order valence-electron chi connectivity index (χ3n) is 3.15. The molecule has 0 saturated heterocycles. The summed E-state index contributed by atoms with van der Waals surface area (Å²) in [6, 6.07) is 16.3. The van der Waals surface area contributed by atoms with Crippen molar-refractivity contribution in [1.29, 1.82) is 0 Å². The number of halogens is 1. The lowest BCUT2D eigenvalue weighted by Crippen LogP contribution is -2.00. The van der Waals surface area contributed by atoms with Crippen LogP contribution in [0.25, 0.3) is 10.9 Å². The minimum atomic E-state index is -0.345. The Labute approximate surface area is 116 Å². The molecule has 1 aromatic heterocycles. The van der Waals surface area contributed by atoms with Gasteiger partial charge in [0.05, 0.1) is 5.52 Å². The monoisotopic (exact) mass is 267 g/mol. The maximum atomic E-state index is 13.5. The lowest BCUT2D eigenvalue weighted by atomic mass is 10.1. The van der Waals surface area contributed by atoms with E-state index in [0.717, 1.165) is 22.2 Å². The summed E-state index contributed by atoms with van der Waals surface area (Å²) in [5.41, 5.74) is 2.87. The highest BCUT2D eigenvalue weighted by atomic mass is 19.1. The van der Waals surface area contributed by atoms with Crippen molar-refractivity contribution in [3.63, 3.8) is 0 Å². The van der Waals surface area contributed by atoms with E-state index in [-0.39, 0.29) is 11.6 Å². The maximum absolute atomic E-state index is 13.5. The Morgan fingerprint density at radius 2 is 1.80 bits per heavy atom. The first-order valence-electron chi connectivity index (χ1n) is 6.46. The normalized spacial score (nSPS) is 10.7. The largest absolute Gasteiger partial charge is 0.486 e. The van der Waals surface area contributed by atoms with Crippen LogP contribution < -0.4 is 4.74 Å². The number of aryl methyl sites for hydroxylation is 1. The average Bonchev–Trinajstić information content (AvgIpc) is 2.46. The van der Waals surface area contributed by atoms with Gasteiger partial charge in [-0.1, -0.05) is 30.3 Å². The Kier molecular flexibility index (Phi) is 3.33. The molecule has 0 radical (unpaired) electrons. The van der Waals surface area contributed by atoms with Gasteiger partial charge in [-0.05, 0) is 31.2 Å². The summed E-state index contributed by atoms with van der Waals surface area (Å²) >= 11 is 0. The van der Waals surface area contributed by atoms with E-state index in [9.17, 15) is 4.39 Å². The van der Waals surface area contributed by atoms with Crippen molar-refractivity contribution in [3.05, 3.63) is 71.7 Å². The van der Waals surface area contributed by atoms with Crippen molar-refractivity contribution in [2.45, 2.75) is 13.5 Å². The van der Waals surface area contributed by atoms with Gasteiger partial charge in [-0.2, -0.15) is 0 Å². The first kappa shape index (κ1) is 12.6. The highest BCUT2D eigenvalue weighted by Gasteiger charge is 2.06. The van der Waals surface area contributed by atoms with E-state index in [1.807, 2.05) is 37.3 Å². The van der Waals surface area contributed by atoms with Gasteiger partial charge in [0, 0.05) is 16.6 Å². The summed E-state index contributed by atoms with van der Waals surface area (Å²) < 4.78 is 19.1. The van der Waals surface area contributed by atoms with Crippen LogP contribution in [0.1, 0.15) is 11.3 Å². The highest BCUT2D eigenvalue weighted by Crippen LogP contribution is 2.22. The first-order valence-corrected chi connectivity index (χ1v) is 6.46. The lowest BCUT2D eigenvalue weighted by Gasteiger charge is -2.10. The van der Waals surface area contributed by atoms with Crippen molar-refractivity contribution in [2.75, 3.05) is 0 Å². The van der Waals surface area contributed by atoms with Gasteiger partial charge < -0.3 is 4.74 Å². The number of para-hydroxylation sites is 2. The summed E-state index contributed by atoms with van der Waals surface area (Å²) in [6.07, 6.45) is 0. The second-order valence-electron chi connectivity index (χ2n) is 4.66. The van der Waals surface area contributed by atoms with Crippen molar-refractivity contribution in [2.24, 2.45) is 0 Å². The predicted molar refractivity (Wildman–Crippen MR) is 77.2 cm³/mol. The lowest BCUT2D eigenvalue weighted by molar-refractivity contribution is 0.291. The van der Waals surface area contributed by atoms with Crippen molar-refractivity contribution in [1.82, 2.24) is 4.98 Å². The predicted octanol–water partition coefficient (Wildman–Crippen LogP) is 4.26. The summed E-state index contributed by atoms with van der Waals surface area (Å²) in [5, 5.41) is 1.04. The summed E-state index contributed by atoms with van der Waals surface area (Å²) in [5.74, 6) is -0.0753. The number of hydrogen-bond donors (Lipinski definition) is 0. The standard InChI is InChI=1S/C17H14FNO/c1-12-10-13(14-6-2-4-8-16(14)19-12)11-20-17-9-5-3-7-15(17)18/h2-10H,11H2,1H3. The fourth-order valence-electron chi connectivity index (χ4n) is 2.23. The molecular formula is C17H14FNO. The van der Waals surface area contributed by atoms with E-state index >= 15 is 0 Å². The number of aromatic nitrogens is 1. The Balaban J connectivity index is 1.93. The van der Waals surface area contributed by atoms with Crippen molar-refractivity contribution < 1.29 is 9.13 Å². The molecule has 1 heterocycles. The second kappa shape index (κ2) is 5.29. The molecule has 0 spiro atoms. The van der Waals surface area contributed by atoms with E-state index in [1.165, 1.54) is 6.07 Å². The molecule has 20 heavy (non-hydrogen) atoms. The third-order valence-corrected chi connectivity index (χ3v) is 3.15. The molecule has 0 unspecified atom stereocenters. The van der Waals surface area contributed by atoms with Gasteiger partial charge in [0.2, 0.25) is 0 Å². The van der Waals surface area contributed by atoms with Crippen LogP contribution in [-0.4, -0.2) is 4.98 Å². The first-order chi connectivity index (χ1) is 9.74. The second-order valence-corrected chi connectivity index (χ2v) is 4.66. The molecule has 0 atom stereocenters. The SMILES string of the molecule is Cc1cc(COc2ccccc2F)c2ccccc2n1. The number of nitrogens with zero attached hydrogens (tertiary/aromatic N) is 1. The minimum Gasteiger partial charge on any atom is -0.486 e. The van der Waals surface area contributed by atoms with Crippen molar-refractivity contribution >= 4 is 10.9 Å². The number of hydrogen-bond acceptors (Lipinski definition) is 2. The van der Waals surface area contributed by atoms with Gasteiger partial charge in [-0.25, -0.2) is 4.39 Å². The summed E-state index contributed by atoms with van der Waals surface area (Å²) in [6.45, 7) is 2.27. The smallest absolute Gasteiger partial charge is 0.165 e. The van der Waals surface area contributed by atoms with Gasteiger partial charge in [0.15, 0.2) is 11.6 Å². The van der Waals surface area contributed by atoms with Crippen LogP contribution >= 0.6 is 0 Å². The van der Waals surface area contributed by atoms with Gasteiger partial charge >= 0.3 is 0 Å². The zero-order valence-electron chi connectivity index (χ0n) is 11.1. The minimum absolute atomic E-state index is 0.269. The van der Waals surface area contributed by atoms with Gasteiger partial charge in [0.25, 0.3) is 0 Å². The molecule has 0 amide bonds. The summed E-state index contributed by atoms with van der Waals surface area (Å²) in [7, 11) is 0. The number of fused-ring (bicyclic) bond motifs is 1. The molecule has 2 nitrogen and oxygen atoms in total. The molecule has 0 aliphatic carbocycles. The Morgan fingerprint density at radius 3 is 2.65 bits per heavy atom. The Bertz CT molecular complexity index is 755. The fourth-order valence-corrected chi connectivity index (χ4v) is 2.23. The summed E-state index contributed by atoms with van der Waals surface area (Å²) in [4.78, 5) is 4.48. The molecule has 3 aromatic rings. The average molecular weight is 267 g/mol.